The SMILES string of the molecule is CCOC(=O)c1sc(NC(=O)CCn2nc(C(F)(F)F)cc2C2CC2)c(C(=O)OC(C)C)c1C. The zero-order valence-corrected chi connectivity index (χ0v) is 20.1. The van der Waals surface area contributed by atoms with Crippen molar-refractivity contribution >= 4 is 34.2 Å². The summed E-state index contributed by atoms with van der Waals surface area (Å²) in [6, 6.07) is 1.03. The molecule has 8 nitrogen and oxygen atoms in total. The average molecular weight is 502 g/mol. The quantitative estimate of drug-likeness (QED) is 0.490. The van der Waals surface area contributed by atoms with Gasteiger partial charge in [-0.2, -0.15) is 18.3 Å². The van der Waals surface area contributed by atoms with E-state index in [-0.39, 0.29) is 40.9 Å². The van der Waals surface area contributed by atoms with E-state index >= 15 is 0 Å². The molecule has 12 heteroatoms. The van der Waals surface area contributed by atoms with Gasteiger partial charge in [-0.15, -0.1) is 11.3 Å². The Morgan fingerprint density at radius 2 is 1.94 bits per heavy atom. The summed E-state index contributed by atoms with van der Waals surface area (Å²) in [5.41, 5.74) is -0.158. The van der Waals surface area contributed by atoms with Gasteiger partial charge in [-0.1, -0.05) is 0 Å². The van der Waals surface area contributed by atoms with Gasteiger partial charge >= 0.3 is 18.1 Å². The third kappa shape index (κ3) is 5.96. The van der Waals surface area contributed by atoms with Gasteiger partial charge in [0.1, 0.15) is 9.88 Å². The van der Waals surface area contributed by atoms with Crippen molar-refractivity contribution < 1.29 is 37.0 Å². The number of alkyl halides is 3. The molecule has 186 valence electrons. The van der Waals surface area contributed by atoms with Crippen LogP contribution < -0.4 is 5.32 Å². The van der Waals surface area contributed by atoms with Gasteiger partial charge < -0.3 is 14.8 Å². The molecule has 1 N–H and O–H groups in total. The molecule has 1 aliphatic carbocycles. The summed E-state index contributed by atoms with van der Waals surface area (Å²) in [4.78, 5) is 37.7. The van der Waals surface area contributed by atoms with Crippen LogP contribution in [0.5, 0.6) is 0 Å². The van der Waals surface area contributed by atoms with E-state index in [0.717, 1.165) is 30.2 Å². The first kappa shape index (κ1) is 25.7. The van der Waals surface area contributed by atoms with Crippen molar-refractivity contribution in [3.63, 3.8) is 0 Å². The van der Waals surface area contributed by atoms with Crippen molar-refractivity contribution in [1.82, 2.24) is 9.78 Å². The number of thiophene rings is 1. The number of rotatable bonds is 9. The fourth-order valence-corrected chi connectivity index (χ4v) is 4.47. The summed E-state index contributed by atoms with van der Waals surface area (Å²) in [6.45, 7) is 6.61. The lowest BCUT2D eigenvalue weighted by molar-refractivity contribution is -0.141. The van der Waals surface area contributed by atoms with Gasteiger partial charge in [0.25, 0.3) is 0 Å². The molecule has 34 heavy (non-hydrogen) atoms. The molecule has 1 saturated carbocycles. The largest absolute Gasteiger partial charge is 0.462 e. The summed E-state index contributed by atoms with van der Waals surface area (Å²) in [5.74, 6) is -1.86. The minimum atomic E-state index is -4.57. The summed E-state index contributed by atoms with van der Waals surface area (Å²) in [7, 11) is 0. The van der Waals surface area contributed by atoms with E-state index in [0.29, 0.717) is 11.3 Å². The van der Waals surface area contributed by atoms with Crippen molar-refractivity contribution in [2.24, 2.45) is 0 Å². The van der Waals surface area contributed by atoms with Crippen LogP contribution in [0.1, 0.15) is 82.9 Å². The van der Waals surface area contributed by atoms with E-state index in [4.69, 9.17) is 9.47 Å². The van der Waals surface area contributed by atoms with Crippen molar-refractivity contribution in [3.05, 3.63) is 33.5 Å². The number of ether oxygens (including phenoxy) is 2. The van der Waals surface area contributed by atoms with Gasteiger partial charge in [-0.05, 0) is 52.2 Å². The zero-order valence-electron chi connectivity index (χ0n) is 19.2. The number of halogens is 3. The Kier molecular flexibility index (Phi) is 7.69. The van der Waals surface area contributed by atoms with E-state index in [9.17, 15) is 27.6 Å². The molecule has 1 fully saturated rings. The third-order valence-corrected chi connectivity index (χ3v) is 6.24. The number of aromatic nitrogens is 2. The number of nitrogens with zero attached hydrogens (tertiary/aromatic N) is 2. The van der Waals surface area contributed by atoms with E-state index in [1.165, 1.54) is 4.68 Å². The second kappa shape index (κ2) is 10.2. The molecule has 0 bridgehead atoms. The van der Waals surface area contributed by atoms with Crippen LogP contribution in [0.25, 0.3) is 0 Å². The van der Waals surface area contributed by atoms with Crippen molar-refractivity contribution in [2.45, 2.75) is 71.7 Å². The van der Waals surface area contributed by atoms with Gasteiger partial charge in [0.15, 0.2) is 5.69 Å². The fourth-order valence-electron chi connectivity index (χ4n) is 3.36. The molecule has 0 aliphatic heterocycles. The minimum absolute atomic E-state index is 0.0103. The Labute approximate surface area is 198 Å². The number of carbonyl (C=O) groups is 3. The van der Waals surface area contributed by atoms with E-state index < -0.39 is 35.8 Å². The summed E-state index contributed by atoms with van der Waals surface area (Å²) in [6.07, 6.45) is -3.61. The lowest BCUT2D eigenvalue weighted by Gasteiger charge is -2.11. The number of amides is 1. The van der Waals surface area contributed by atoms with Crippen LogP contribution in [0, 0.1) is 6.92 Å². The lowest BCUT2D eigenvalue weighted by atomic mass is 10.1. The molecule has 0 atom stereocenters. The zero-order chi connectivity index (χ0) is 25.2. The maximum atomic E-state index is 13.1. The molecule has 1 amide bonds. The Morgan fingerprint density at radius 1 is 1.26 bits per heavy atom. The maximum absolute atomic E-state index is 13.1. The second-order valence-corrected chi connectivity index (χ2v) is 9.20. The number of esters is 2. The van der Waals surface area contributed by atoms with E-state index in [1.54, 1.807) is 27.7 Å². The summed E-state index contributed by atoms with van der Waals surface area (Å²) < 4.78 is 50.8. The predicted octanol–water partition coefficient (Wildman–Crippen LogP) is 4.92. The molecule has 0 saturated heterocycles. The Hall–Kier alpha value is -2.89. The number of anilines is 1. The van der Waals surface area contributed by atoms with Crippen LogP contribution in [0.3, 0.4) is 0 Å². The molecule has 0 spiro atoms. The number of carbonyl (C=O) groups excluding carboxylic acids is 3. The topological polar surface area (TPSA) is 99.5 Å². The maximum Gasteiger partial charge on any atom is 0.435 e. The smallest absolute Gasteiger partial charge is 0.435 e. The molecule has 2 aromatic heterocycles. The summed E-state index contributed by atoms with van der Waals surface area (Å²) >= 11 is 0.887. The monoisotopic (exact) mass is 501 g/mol. The molecule has 3 rings (SSSR count). The molecule has 1 aliphatic rings. The molecule has 0 aromatic carbocycles. The number of aryl methyl sites for hydroxylation is 1. The fraction of sp³-hybridized carbons (Fsp3) is 0.545. The number of nitrogens with one attached hydrogen (secondary N) is 1. The van der Waals surface area contributed by atoms with Crippen LogP contribution in [-0.2, 0) is 27.0 Å². The summed E-state index contributed by atoms with van der Waals surface area (Å²) in [5, 5.41) is 6.36. The molecular formula is C22H26F3N3O5S. The molecule has 2 heterocycles. The Morgan fingerprint density at radius 3 is 2.50 bits per heavy atom. The molecule has 0 unspecified atom stereocenters. The van der Waals surface area contributed by atoms with Gasteiger partial charge in [-0.25, -0.2) is 9.59 Å². The Balaban J connectivity index is 1.79. The first-order chi connectivity index (χ1) is 15.9. The van der Waals surface area contributed by atoms with Crippen LogP contribution >= 0.6 is 11.3 Å². The predicted molar refractivity (Wildman–Crippen MR) is 118 cm³/mol. The van der Waals surface area contributed by atoms with E-state index in [1.807, 2.05) is 0 Å². The standard InChI is InChI=1S/C22H26F3N3O5S/c1-5-32-21(31)18-12(4)17(20(30)33-11(2)3)19(34-18)26-16(29)8-9-28-14(13-6-7-13)10-15(27-28)22(23,24)25/h10-11,13H,5-9H2,1-4H3,(H,26,29). The first-order valence-corrected chi connectivity index (χ1v) is 11.7. The van der Waals surface area contributed by atoms with E-state index in [2.05, 4.69) is 10.4 Å². The van der Waals surface area contributed by atoms with Crippen LogP contribution in [0.2, 0.25) is 0 Å². The van der Waals surface area contributed by atoms with Crippen LogP contribution in [-0.4, -0.2) is 40.3 Å². The number of hydrogen-bond acceptors (Lipinski definition) is 7. The third-order valence-electron chi connectivity index (χ3n) is 5.06. The molecule has 2 aromatic rings. The average Bonchev–Trinajstić information content (AvgIpc) is 3.38. The van der Waals surface area contributed by atoms with Gasteiger partial charge in [0.2, 0.25) is 5.91 Å². The highest BCUT2D eigenvalue weighted by atomic mass is 32.1. The highest BCUT2D eigenvalue weighted by Gasteiger charge is 2.38. The lowest BCUT2D eigenvalue weighted by Crippen LogP contribution is -2.19. The van der Waals surface area contributed by atoms with Gasteiger partial charge in [-0.3, -0.25) is 9.48 Å². The highest BCUT2D eigenvalue weighted by Crippen LogP contribution is 2.42. The van der Waals surface area contributed by atoms with Gasteiger partial charge in [0.05, 0.1) is 18.3 Å². The highest BCUT2D eigenvalue weighted by molar-refractivity contribution is 7.18. The van der Waals surface area contributed by atoms with Crippen LogP contribution in [0.15, 0.2) is 6.07 Å². The van der Waals surface area contributed by atoms with Crippen molar-refractivity contribution in [3.8, 4) is 0 Å². The first-order valence-electron chi connectivity index (χ1n) is 10.9. The van der Waals surface area contributed by atoms with Crippen molar-refractivity contribution in [2.75, 3.05) is 11.9 Å². The van der Waals surface area contributed by atoms with Crippen molar-refractivity contribution in [1.29, 1.82) is 0 Å². The number of hydrogen-bond donors (Lipinski definition) is 1. The molecular weight excluding hydrogens is 475 g/mol. The normalized spacial score (nSPS) is 13.8. The minimum Gasteiger partial charge on any atom is -0.462 e. The van der Waals surface area contributed by atoms with Gasteiger partial charge in [0, 0.05) is 24.6 Å². The molecule has 0 radical (unpaired) electrons. The van der Waals surface area contributed by atoms with Crippen LogP contribution in [0.4, 0.5) is 18.2 Å². The Bertz CT molecular complexity index is 1090. The second-order valence-electron chi connectivity index (χ2n) is 8.18.